The Morgan fingerprint density at radius 3 is 2.19 bits per heavy atom. The Labute approximate surface area is 188 Å². The van der Waals surface area contributed by atoms with Gasteiger partial charge in [0.15, 0.2) is 5.78 Å². The average molecular weight is 427 g/mol. The zero-order chi connectivity index (χ0) is 22.1. The summed E-state index contributed by atoms with van der Waals surface area (Å²) in [4.78, 5) is 13.7. The molecule has 32 heavy (non-hydrogen) atoms. The molecule has 2 aliphatic heterocycles. The van der Waals surface area contributed by atoms with Crippen molar-refractivity contribution in [3.63, 3.8) is 0 Å². The maximum atomic E-state index is 13.7. The number of benzene rings is 2. The number of allylic oxidation sites excluding steroid dienone is 3. The van der Waals surface area contributed by atoms with Gasteiger partial charge < -0.3 is 10.5 Å². The summed E-state index contributed by atoms with van der Waals surface area (Å²) < 4.78 is 5.54. The van der Waals surface area contributed by atoms with E-state index in [9.17, 15) is 10.1 Å². The Hall–Kier alpha value is -3.40. The second-order valence-corrected chi connectivity index (χ2v) is 8.43. The average Bonchev–Trinajstić information content (AvgIpc) is 2.85. The number of Topliss-reactive ketones (excluding diaryl/α,β-unsaturated/α-hetero) is 1. The number of hydrogen-bond acceptors (Lipinski definition) is 6. The third kappa shape index (κ3) is 3.50. The van der Waals surface area contributed by atoms with E-state index in [1.807, 2.05) is 53.5 Å². The Bertz CT molecular complexity index is 1110. The van der Waals surface area contributed by atoms with Crippen molar-refractivity contribution < 1.29 is 9.53 Å². The summed E-state index contributed by atoms with van der Waals surface area (Å²) in [6.07, 6.45) is 1.13. The standard InChI is InChI=1S/C26H26N4O2/c27-17-21-24(19-9-5-2-6-10-19)25-22(30(26(21)28)29-11-13-32-14-12-29)15-20(16-23(25)31)18-7-3-1-4-8-18/h1-10,20,24H,11-16,28H2. The maximum absolute atomic E-state index is 13.7. The fraction of sp³-hybridized carbons (Fsp3) is 0.308. The minimum Gasteiger partial charge on any atom is -0.383 e. The molecule has 162 valence electrons. The molecule has 1 aliphatic carbocycles. The molecule has 0 saturated carbocycles. The van der Waals surface area contributed by atoms with Gasteiger partial charge in [0.25, 0.3) is 0 Å². The predicted molar refractivity (Wildman–Crippen MR) is 121 cm³/mol. The topological polar surface area (TPSA) is 82.6 Å². The molecular weight excluding hydrogens is 400 g/mol. The highest BCUT2D eigenvalue weighted by molar-refractivity contribution is 6.00. The van der Waals surface area contributed by atoms with Gasteiger partial charge in [0.1, 0.15) is 5.82 Å². The molecule has 0 bridgehead atoms. The summed E-state index contributed by atoms with van der Waals surface area (Å²) in [5.41, 5.74) is 10.8. The number of ether oxygens (including phenoxy) is 1. The normalized spacial score (nSPS) is 24.3. The van der Waals surface area contributed by atoms with Gasteiger partial charge in [-0.1, -0.05) is 60.7 Å². The molecule has 0 spiro atoms. The van der Waals surface area contributed by atoms with Crippen molar-refractivity contribution in [1.29, 1.82) is 5.26 Å². The van der Waals surface area contributed by atoms with Crippen LogP contribution in [0.4, 0.5) is 0 Å². The fourth-order valence-corrected chi connectivity index (χ4v) is 5.13. The van der Waals surface area contributed by atoms with Crippen LogP contribution in [0.3, 0.4) is 0 Å². The van der Waals surface area contributed by atoms with Crippen molar-refractivity contribution in [1.82, 2.24) is 10.0 Å². The van der Waals surface area contributed by atoms with Crippen molar-refractivity contribution in [3.8, 4) is 6.07 Å². The maximum Gasteiger partial charge on any atom is 0.162 e. The van der Waals surface area contributed by atoms with E-state index in [0.717, 1.165) is 16.8 Å². The minimum absolute atomic E-state index is 0.0823. The largest absolute Gasteiger partial charge is 0.383 e. The van der Waals surface area contributed by atoms with Gasteiger partial charge in [0, 0.05) is 30.8 Å². The second kappa shape index (κ2) is 8.62. The van der Waals surface area contributed by atoms with Crippen LogP contribution >= 0.6 is 0 Å². The number of ketones is 1. The number of nitriles is 1. The Kier molecular flexibility index (Phi) is 5.52. The van der Waals surface area contributed by atoms with Crippen LogP contribution in [-0.4, -0.2) is 42.1 Å². The van der Waals surface area contributed by atoms with Gasteiger partial charge >= 0.3 is 0 Å². The molecule has 2 aromatic rings. The smallest absolute Gasteiger partial charge is 0.162 e. The van der Waals surface area contributed by atoms with Gasteiger partial charge in [-0.05, 0) is 23.5 Å². The SMILES string of the molecule is N#CC1=C(N)N(N2CCOCC2)C2=C(C(=O)CC(c3ccccc3)C2)C1c1ccccc1. The van der Waals surface area contributed by atoms with Gasteiger partial charge in [-0.2, -0.15) is 5.26 Å². The summed E-state index contributed by atoms with van der Waals surface area (Å²) in [7, 11) is 0. The number of nitrogens with zero attached hydrogens (tertiary/aromatic N) is 3. The molecule has 0 radical (unpaired) electrons. The monoisotopic (exact) mass is 426 g/mol. The molecule has 2 aromatic carbocycles. The van der Waals surface area contributed by atoms with Crippen LogP contribution in [-0.2, 0) is 9.53 Å². The van der Waals surface area contributed by atoms with Crippen molar-refractivity contribution in [2.75, 3.05) is 26.3 Å². The lowest BCUT2D eigenvalue weighted by molar-refractivity contribution is -0.117. The second-order valence-electron chi connectivity index (χ2n) is 8.43. The molecule has 0 aromatic heterocycles. The van der Waals surface area contributed by atoms with Crippen LogP contribution in [0.15, 0.2) is 83.3 Å². The van der Waals surface area contributed by atoms with Crippen molar-refractivity contribution >= 4 is 5.78 Å². The first kappa shape index (κ1) is 20.5. The molecule has 1 saturated heterocycles. The van der Waals surface area contributed by atoms with Crippen LogP contribution in [0, 0.1) is 11.3 Å². The van der Waals surface area contributed by atoms with E-state index in [1.54, 1.807) is 0 Å². The molecule has 2 N–H and O–H groups in total. The zero-order valence-electron chi connectivity index (χ0n) is 17.9. The molecule has 6 heteroatoms. The van der Waals surface area contributed by atoms with Crippen molar-refractivity contribution in [2.24, 2.45) is 5.73 Å². The third-order valence-corrected chi connectivity index (χ3v) is 6.61. The van der Waals surface area contributed by atoms with Crippen molar-refractivity contribution in [3.05, 3.63) is 94.5 Å². The number of morpholine rings is 1. The van der Waals surface area contributed by atoms with E-state index in [2.05, 4.69) is 23.2 Å². The third-order valence-electron chi connectivity index (χ3n) is 6.61. The summed E-state index contributed by atoms with van der Waals surface area (Å²) in [5.74, 6) is 0.160. The quantitative estimate of drug-likeness (QED) is 0.810. The molecule has 1 fully saturated rings. The number of rotatable bonds is 3. The highest BCUT2D eigenvalue weighted by atomic mass is 16.5. The lowest BCUT2D eigenvalue weighted by Gasteiger charge is -2.47. The van der Waals surface area contributed by atoms with Crippen LogP contribution in [0.25, 0.3) is 0 Å². The summed E-state index contributed by atoms with van der Waals surface area (Å²) >= 11 is 0. The molecule has 5 rings (SSSR count). The van der Waals surface area contributed by atoms with E-state index in [4.69, 9.17) is 10.5 Å². The highest BCUT2D eigenvalue weighted by Gasteiger charge is 2.44. The predicted octanol–water partition coefficient (Wildman–Crippen LogP) is 3.43. The fourth-order valence-electron chi connectivity index (χ4n) is 5.13. The molecule has 2 heterocycles. The van der Waals surface area contributed by atoms with Gasteiger partial charge in [-0.15, -0.1) is 0 Å². The van der Waals surface area contributed by atoms with E-state index < -0.39 is 5.92 Å². The van der Waals surface area contributed by atoms with Crippen LogP contribution < -0.4 is 5.73 Å². The zero-order valence-corrected chi connectivity index (χ0v) is 17.9. The Morgan fingerprint density at radius 2 is 1.56 bits per heavy atom. The molecule has 3 aliphatic rings. The molecule has 6 nitrogen and oxygen atoms in total. The van der Waals surface area contributed by atoms with Crippen LogP contribution in [0.5, 0.6) is 0 Å². The van der Waals surface area contributed by atoms with Gasteiger partial charge in [0.2, 0.25) is 0 Å². The first-order chi connectivity index (χ1) is 15.7. The number of carbonyl (C=O) groups is 1. The Morgan fingerprint density at radius 1 is 0.938 bits per heavy atom. The van der Waals surface area contributed by atoms with Crippen molar-refractivity contribution in [2.45, 2.75) is 24.7 Å². The van der Waals surface area contributed by atoms with Gasteiger partial charge in [-0.25, -0.2) is 5.01 Å². The summed E-state index contributed by atoms with van der Waals surface area (Å²) in [6.45, 7) is 2.51. The minimum atomic E-state index is -0.433. The van der Waals surface area contributed by atoms with E-state index in [0.29, 0.717) is 56.1 Å². The number of hydrazine groups is 1. The summed E-state index contributed by atoms with van der Waals surface area (Å²) in [5, 5.41) is 14.2. The molecule has 2 atom stereocenters. The molecule has 2 unspecified atom stereocenters. The Balaban J connectivity index is 1.66. The van der Waals surface area contributed by atoms with E-state index in [-0.39, 0.29) is 11.7 Å². The highest BCUT2D eigenvalue weighted by Crippen LogP contribution is 2.48. The van der Waals surface area contributed by atoms with Crippen LogP contribution in [0.1, 0.15) is 35.8 Å². The first-order valence-corrected chi connectivity index (χ1v) is 11.1. The first-order valence-electron chi connectivity index (χ1n) is 11.1. The summed E-state index contributed by atoms with van der Waals surface area (Å²) in [6, 6.07) is 22.3. The van der Waals surface area contributed by atoms with Gasteiger partial charge in [0.05, 0.1) is 30.8 Å². The molecule has 0 amide bonds. The lowest BCUT2D eigenvalue weighted by Crippen LogP contribution is -2.52. The number of carbonyl (C=O) groups excluding carboxylic acids is 1. The van der Waals surface area contributed by atoms with Gasteiger partial charge in [-0.3, -0.25) is 9.80 Å². The number of hydrogen-bond donors (Lipinski definition) is 1. The number of nitrogens with two attached hydrogens (primary N) is 1. The van der Waals surface area contributed by atoms with E-state index in [1.165, 1.54) is 0 Å². The lowest BCUT2D eigenvalue weighted by atomic mass is 9.72. The molecular formula is C26H26N4O2. The van der Waals surface area contributed by atoms with Crippen LogP contribution in [0.2, 0.25) is 0 Å². The van der Waals surface area contributed by atoms with E-state index >= 15 is 0 Å².